The van der Waals surface area contributed by atoms with E-state index in [2.05, 4.69) is 0 Å². The van der Waals surface area contributed by atoms with Crippen LogP contribution >= 0.6 is 0 Å². The molecule has 0 unspecified atom stereocenters. The summed E-state index contributed by atoms with van der Waals surface area (Å²) in [4.78, 5) is 36.4. The third-order valence-electron chi connectivity index (χ3n) is 3.89. The number of primary amides is 1. The number of benzene rings is 1. The third-order valence-corrected chi connectivity index (χ3v) is 3.89. The molecule has 8 nitrogen and oxygen atoms in total. The van der Waals surface area contributed by atoms with Crippen molar-refractivity contribution in [2.75, 3.05) is 36.5 Å². The fourth-order valence-electron chi connectivity index (χ4n) is 2.57. The lowest BCUT2D eigenvalue weighted by atomic mass is 10.1. The summed E-state index contributed by atoms with van der Waals surface area (Å²) in [6.45, 7) is -1.16. The summed E-state index contributed by atoms with van der Waals surface area (Å²) in [5, 5.41) is 3.75. The Morgan fingerprint density at radius 2 is 1.97 bits per heavy atom. The summed E-state index contributed by atoms with van der Waals surface area (Å²) in [5.74, 6) is -3.21. The van der Waals surface area contributed by atoms with Crippen LogP contribution in [0.4, 0.5) is 33.3 Å². The molecule has 1 aromatic carbocycles. The molecule has 160 valence electrons. The Balaban J connectivity index is 2.30. The number of amides is 3. The van der Waals surface area contributed by atoms with E-state index in [9.17, 15) is 36.3 Å². The third kappa shape index (κ3) is 5.84. The van der Waals surface area contributed by atoms with E-state index in [1.54, 1.807) is 0 Å². The Hall–Kier alpha value is -2.80. The van der Waals surface area contributed by atoms with Crippen molar-refractivity contribution >= 4 is 29.1 Å². The lowest BCUT2D eigenvalue weighted by molar-refractivity contribution is -0.137. The van der Waals surface area contributed by atoms with Crippen molar-refractivity contribution in [3.63, 3.8) is 0 Å². The molecule has 1 fully saturated rings. The molecule has 1 aliphatic rings. The fraction of sp³-hybridized carbons (Fsp3) is 0.438. The van der Waals surface area contributed by atoms with Crippen LogP contribution in [0.25, 0.3) is 0 Å². The van der Waals surface area contributed by atoms with Gasteiger partial charge in [0.2, 0.25) is 5.91 Å². The van der Waals surface area contributed by atoms with Crippen molar-refractivity contribution in [2.45, 2.75) is 18.6 Å². The molecule has 3 amide bonds. The summed E-state index contributed by atoms with van der Waals surface area (Å²) in [7, 11) is 0. The first kappa shape index (κ1) is 22.5. The molecule has 2 rings (SSSR count). The van der Waals surface area contributed by atoms with Gasteiger partial charge in [0, 0.05) is 12.2 Å². The normalized spacial score (nSPS) is 16.1. The molecule has 1 saturated heterocycles. The first-order valence-electron chi connectivity index (χ1n) is 8.21. The van der Waals surface area contributed by atoms with Gasteiger partial charge in [0.25, 0.3) is 18.2 Å². The molecule has 29 heavy (non-hydrogen) atoms. The van der Waals surface area contributed by atoms with Gasteiger partial charge in [-0.25, -0.2) is 8.78 Å². The van der Waals surface area contributed by atoms with Gasteiger partial charge in [-0.05, 0) is 18.2 Å². The van der Waals surface area contributed by atoms with Crippen LogP contribution in [-0.2, 0) is 25.3 Å². The zero-order chi connectivity index (χ0) is 21.8. The molecule has 1 heterocycles. The predicted molar refractivity (Wildman–Crippen MR) is 90.2 cm³/mol. The van der Waals surface area contributed by atoms with E-state index in [4.69, 9.17) is 10.5 Å². The van der Waals surface area contributed by atoms with Gasteiger partial charge in [-0.15, -0.1) is 0 Å². The number of carbonyl (C=O) groups excluding carboxylic acids is 3. The minimum atomic E-state index is -4.92. The van der Waals surface area contributed by atoms with Crippen LogP contribution in [-0.4, -0.2) is 56.5 Å². The summed E-state index contributed by atoms with van der Waals surface area (Å²) >= 11 is 0. The number of carbonyl (C=O) groups is 3. The monoisotopic (exact) mass is 424 g/mol. The SMILES string of the molecule is NC(=O)[C@@H](NCC(F)F)C(=O)Nc1ccc(N2CCOCC2=O)cc1C(F)(F)F. The first-order chi connectivity index (χ1) is 13.5. The van der Waals surface area contributed by atoms with Gasteiger partial charge in [-0.2, -0.15) is 13.2 Å². The average Bonchev–Trinajstić information content (AvgIpc) is 2.61. The van der Waals surface area contributed by atoms with Crippen LogP contribution < -0.4 is 21.3 Å². The van der Waals surface area contributed by atoms with Gasteiger partial charge < -0.3 is 20.7 Å². The molecular weight excluding hydrogens is 407 g/mol. The Bertz CT molecular complexity index is 787. The lowest BCUT2D eigenvalue weighted by Gasteiger charge is -2.28. The van der Waals surface area contributed by atoms with E-state index in [1.165, 1.54) is 6.07 Å². The number of morpholine rings is 1. The van der Waals surface area contributed by atoms with Crippen molar-refractivity contribution in [3.05, 3.63) is 23.8 Å². The maximum absolute atomic E-state index is 13.5. The van der Waals surface area contributed by atoms with Crippen LogP contribution in [0, 0.1) is 0 Å². The molecule has 0 spiro atoms. The van der Waals surface area contributed by atoms with Crippen LogP contribution in [0.15, 0.2) is 18.2 Å². The molecule has 1 aliphatic heterocycles. The Morgan fingerprint density at radius 3 is 2.52 bits per heavy atom. The van der Waals surface area contributed by atoms with Gasteiger partial charge in [0.05, 0.1) is 24.4 Å². The number of nitrogens with one attached hydrogen (secondary N) is 2. The van der Waals surface area contributed by atoms with Crippen molar-refractivity contribution in [1.29, 1.82) is 0 Å². The fourth-order valence-corrected chi connectivity index (χ4v) is 2.57. The molecule has 0 saturated carbocycles. The molecule has 0 bridgehead atoms. The van der Waals surface area contributed by atoms with E-state index in [0.29, 0.717) is 6.07 Å². The average molecular weight is 424 g/mol. The van der Waals surface area contributed by atoms with Gasteiger partial charge in [-0.3, -0.25) is 19.7 Å². The number of nitrogens with two attached hydrogens (primary N) is 1. The van der Waals surface area contributed by atoms with Crippen LogP contribution in [0.2, 0.25) is 0 Å². The molecule has 1 aromatic rings. The Labute approximate surface area is 161 Å². The molecule has 13 heteroatoms. The van der Waals surface area contributed by atoms with E-state index < -0.39 is 54.2 Å². The second-order valence-electron chi connectivity index (χ2n) is 5.95. The van der Waals surface area contributed by atoms with Gasteiger partial charge in [0.15, 0.2) is 6.04 Å². The molecule has 0 radical (unpaired) electrons. The summed E-state index contributed by atoms with van der Waals surface area (Å²) in [6.07, 6.45) is -7.84. The van der Waals surface area contributed by atoms with Crippen molar-refractivity contribution in [2.24, 2.45) is 5.73 Å². The van der Waals surface area contributed by atoms with E-state index in [1.807, 2.05) is 10.6 Å². The van der Waals surface area contributed by atoms with Crippen molar-refractivity contribution in [1.82, 2.24) is 5.32 Å². The summed E-state index contributed by atoms with van der Waals surface area (Å²) < 4.78 is 69.9. The number of alkyl halides is 5. The smallest absolute Gasteiger partial charge is 0.370 e. The highest BCUT2D eigenvalue weighted by Gasteiger charge is 2.36. The second-order valence-corrected chi connectivity index (χ2v) is 5.95. The van der Waals surface area contributed by atoms with Gasteiger partial charge in [0.1, 0.15) is 6.61 Å². The van der Waals surface area contributed by atoms with E-state index in [0.717, 1.165) is 11.0 Å². The first-order valence-corrected chi connectivity index (χ1v) is 8.21. The number of rotatable bonds is 7. The van der Waals surface area contributed by atoms with Crippen molar-refractivity contribution < 1.29 is 41.1 Å². The summed E-state index contributed by atoms with van der Waals surface area (Å²) in [6, 6.07) is 0.750. The molecule has 0 aliphatic carbocycles. The number of hydrogen-bond donors (Lipinski definition) is 3. The quantitative estimate of drug-likeness (QED) is 0.441. The molecule has 1 atom stereocenters. The number of hydrogen-bond acceptors (Lipinski definition) is 5. The van der Waals surface area contributed by atoms with E-state index >= 15 is 0 Å². The highest BCUT2D eigenvalue weighted by atomic mass is 19.4. The zero-order valence-electron chi connectivity index (χ0n) is 14.8. The Kier molecular flexibility index (Phi) is 7.08. The predicted octanol–water partition coefficient (Wildman–Crippen LogP) is 0.716. The van der Waals surface area contributed by atoms with Crippen LogP contribution in [0.5, 0.6) is 0 Å². The van der Waals surface area contributed by atoms with Gasteiger partial charge in [-0.1, -0.05) is 0 Å². The standard InChI is InChI=1S/C16H17F5N4O4/c17-11(18)6-23-13(14(22)27)15(28)24-10-2-1-8(5-9(10)16(19,20)21)25-3-4-29-7-12(25)26/h1-2,5,11,13,23H,3-4,6-7H2,(H2,22,27)(H,24,28)/t13-/m1/s1. The summed E-state index contributed by atoms with van der Waals surface area (Å²) in [5.41, 5.74) is 2.87. The number of ether oxygens (including phenoxy) is 1. The lowest BCUT2D eigenvalue weighted by Crippen LogP contribution is -2.51. The number of halogens is 5. The minimum Gasteiger partial charge on any atom is -0.370 e. The zero-order valence-corrected chi connectivity index (χ0v) is 14.8. The minimum absolute atomic E-state index is 0.0448. The van der Waals surface area contributed by atoms with Crippen LogP contribution in [0.3, 0.4) is 0 Å². The van der Waals surface area contributed by atoms with Crippen molar-refractivity contribution in [3.8, 4) is 0 Å². The Morgan fingerprint density at radius 1 is 1.28 bits per heavy atom. The van der Waals surface area contributed by atoms with Gasteiger partial charge >= 0.3 is 6.18 Å². The molecule has 0 aromatic heterocycles. The van der Waals surface area contributed by atoms with Crippen LogP contribution in [0.1, 0.15) is 5.56 Å². The number of nitrogens with zero attached hydrogens (tertiary/aromatic N) is 1. The van der Waals surface area contributed by atoms with E-state index in [-0.39, 0.29) is 25.4 Å². The molecular formula is C16H17F5N4O4. The number of anilines is 2. The topological polar surface area (TPSA) is 114 Å². The molecule has 4 N–H and O–H groups in total. The maximum Gasteiger partial charge on any atom is 0.418 e. The maximum atomic E-state index is 13.5. The largest absolute Gasteiger partial charge is 0.418 e. The highest BCUT2D eigenvalue weighted by molar-refractivity contribution is 6.10. The highest BCUT2D eigenvalue weighted by Crippen LogP contribution is 2.37. The second kappa shape index (κ2) is 9.13.